The number of ether oxygens (including phenoxy) is 3. The molecule has 0 radical (unpaired) electrons. The molecule has 0 aromatic carbocycles. The van der Waals surface area contributed by atoms with Gasteiger partial charge in [-0.15, -0.1) is 24.0 Å². The lowest BCUT2D eigenvalue weighted by Crippen LogP contribution is -2.36. The molecule has 0 amide bonds. The molecule has 0 unspecified atom stereocenters. The lowest BCUT2D eigenvalue weighted by atomic mass is 10.1. The number of nitrogens with two attached hydrogens (primary N) is 1. The second-order valence-corrected chi connectivity index (χ2v) is 10.00. The number of unbranched alkanes of at least 4 members (excludes halogenated alkanes) is 8. The van der Waals surface area contributed by atoms with Crippen LogP contribution in [0.4, 0.5) is 17.5 Å². The largest absolute Gasteiger partial charge is 0.463 e. The molecule has 1 aromatic heterocycles. The maximum atomic E-state index is 12.6. The van der Waals surface area contributed by atoms with Gasteiger partial charge in [0, 0.05) is 26.9 Å². The number of rotatable bonds is 19. The van der Waals surface area contributed by atoms with Gasteiger partial charge in [-0.2, -0.15) is 4.98 Å². The fraction of sp³-hybridized carbons (Fsp3) is 0.778. The molecular weight excluding hydrogens is 617 g/mol. The van der Waals surface area contributed by atoms with E-state index in [-0.39, 0.29) is 67.4 Å². The number of anilines is 3. The highest BCUT2D eigenvalue weighted by atomic mass is 127. The fourth-order valence-corrected chi connectivity index (χ4v) is 4.25. The van der Waals surface area contributed by atoms with Gasteiger partial charge in [-0.1, -0.05) is 65.2 Å². The first-order valence-electron chi connectivity index (χ1n) is 14.0. The molecule has 0 saturated carbocycles. The number of aromatic nitrogens is 2. The van der Waals surface area contributed by atoms with Gasteiger partial charge in [-0.3, -0.25) is 19.0 Å². The Morgan fingerprint density at radius 3 is 1.92 bits per heavy atom. The Balaban J connectivity index is 0.00000760. The Morgan fingerprint density at radius 1 is 0.897 bits per heavy atom. The molecule has 0 spiro atoms. The normalized spacial score (nSPS) is 12.4. The molecule has 2 N–H and O–H groups in total. The van der Waals surface area contributed by atoms with Crippen molar-refractivity contribution in [2.45, 2.75) is 97.0 Å². The topological polar surface area (TPSA) is 129 Å². The molecule has 39 heavy (non-hydrogen) atoms. The van der Waals surface area contributed by atoms with Crippen LogP contribution < -0.4 is 21.1 Å². The summed E-state index contributed by atoms with van der Waals surface area (Å²) in [5.41, 5.74) is 6.10. The third kappa shape index (κ3) is 11.9. The van der Waals surface area contributed by atoms with E-state index >= 15 is 0 Å². The summed E-state index contributed by atoms with van der Waals surface area (Å²) < 4.78 is 18.2. The Morgan fingerprint density at radius 2 is 1.41 bits per heavy atom. The van der Waals surface area contributed by atoms with Crippen LogP contribution >= 0.6 is 24.0 Å². The van der Waals surface area contributed by atoms with Crippen molar-refractivity contribution in [2.24, 2.45) is 7.05 Å². The van der Waals surface area contributed by atoms with Crippen LogP contribution in [0, 0.1) is 0 Å². The van der Waals surface area contributed by atoms with Gasteiger partial charge in [0.2, 0.25) is 5.95 Å². The number of fused-ring (bicyclic) bond motifs is 1. The van der Waals surface area contributed by atoms with Gasteiger partial charge in [0.05, 0.1) is 6.67 Å². The number of nitrogens with zero attached hydrogens (tertiary/aromatic N) is 4. The van der Waals surface area contributed by atoms with E-state index in [9.17, 15) is 14.4 Å². The minimum absolute atomic E-state index is 0. The van der Waals surface area contributed by atoms with E-state index in [2.05, 4.69) is 18.8 Å². The summed E-state index contributed by atoms with van der Waals surface area (Å²) in [5.74, 6) is -0.0468. The standard InChI is InChI=1S/C27H47N5O6.HI/c1-5-7-9-11-13-15-22(33)36-17-21(18-37-23(34)16-14-12-10-8-6-2)38-20-32-19-30(3)24-25(32)29-27(28)31(4)26(24)35;/h21H,5-20H2,1-4H3,(H2,28,29);1H. The molecule has 0 atom stereocenters. The van der Waals surface area contributed by atoms with Crippen LogP contribution in [0.15, 0.2) is 4.79 Å². The van der Waals surface area contributed by atoms with Gasteiger partial charge in [-0.25, -0.2) is 0 Å². The van der Waals surface area contributed by atoms with E-state index in [0.29, 0.717) is 31.0 Å². The summed E-state index contributed by atoms with van der Waals surface area (Å²) >= 11 is 0. The van der Waals surface area contributed by atoms with Crippen molar-refractivity contribution in [3.8, 4) is 0 Å². The van der Waals surface area contributed by atoms with E-state index in [1.165, 1.54) is 4.57 Å². The van der Waals surface area contributed by atoms with Crippen LogP contribution in [0.1, 0.15) is 90.9 Å². The van der Waals surface area contributed by atoms with Crippen molar-refractivity contribution in [3.63, 3.8) is 0 Å². The number of carbonyl (C=O) groups is 2. The number of hydrogen-bond donors (Lipinski definition) is 1. The SMILES string of the molecule is CCCCCCCC(=O)OCC(COC(=O)CCCCCCC)OCN1CN(C)c2c1nc(N)n(C)c2=O.I. The van der Waals surface area contributed by atoms with Crippen molar-refractivity contribution in [2.75, 3.05) is 49.2 Å². The first-order valence-corrected chi connectivity index (χ1v) is 14.0. The van der Waals surface area contributed by atoms with Gasteiger partial charge >= 0.3 is 11.9 Å². The third-order valence-corrected chi connectivity index (χ3v) is 6.64. The van der Waals surface area contributed by atoms with Crippen LogP contribution in [-0.4, -0.2) is 61.3 Å². The molecule has 1 aromatic rings. The number of hydrogen-bond acceptors (Lipinski definition) is 10. The summed E-state index contributed by atoms with van der Waals surface area (Å²) in [6.45, 7) is 4.68. The highest BCUT2D eigenvalue weighted by Gasteiger charge is 2.30. The predicted molar refractivity (Wildman–Crippen MR) is 163 cm³/mol. The highest BCUT2D eigenvalue weighted by molar-refractivity contribution is 14.0. The molecule has 0 bridgehead atoms. The van der Waals surface area contributed by atoms with Gasteiger partial charge in [-0.05, 0) is 12.8 Å². The molecule has 1 aliphatic rings. The van der Waals surface area contributed by atoms with E-state index in [0.717, 1.165) is 64.2 Å². The lowest BCUT2D eigenvalue weighted by molar-refractivity contribution is -0.155. The molecular formula is C27H48IN5O6. The Bertz CT molecular complexity index is 914. The van der Waals surface area contributed by atoms with E-state index in [4.69, 9.17) is 19.9 Å². The number of nitrogen functional groups attached to an aromatic ring is 1. The van der Waals surface area contributed by atoms with Crippen molar-refractivity contribution in [1.29, 1.82) is 0 Å². The smallest absolute Gasteiger partial charge is 0.305 e. The Labute approximate surface area is 249 Å². The average Bonchev–Trinajstić information content (AvgIpc) is 3.21. The van der Waals surface area contributed by atoms with Gasteiger partial charge < -0.3 is 29.7 Å². The Kier molecular flexibility index (Phi) is 17.1. The molecule has 12 heteroatoms. The lowest BCUT2D eigenvalue weighted by Gasteiger charge is -2.23. The minimum Gasteiger partial charge on any atom is -0.463 e. The molecule has 0 fully saturated rings. The van der Waals surface area contributed by atoms with Gasteiger partial charge in [0.15, 0.2) is 5.82 Å². The summed E-state index contributed by atoms with van der Waals surface area (Å²) in [6, 6.07) is 0. The van der Waals surface area contributed by atoms with Crippen molar-refractivity contribution >= 4 is 53.4 Å². The summed E-state index contributed by atoms with van der Waals surface area (Å²) in [6.07, 6.45) is 10.5. The van der Waals surface area contributed by atoms with Crippen molar-refractivity contribution in [1.82, 2.24) is 9.55 Å². The van der Waals surface area contributed by atoms with Crippen molar-refractivity contribution < 1.29 is 23.8 Å². The number of esters is 2. The van der Waals surface area contributed by atoms with Crippen LogP contribution in [0.5, 0.6) is 0 Å². The Hall–Kier alpha value is -2.09. The monoisotopic (exact) mass is 665 g/mol. The molecule has 0 aliphatic carbocycles. The molecule has 11 nitrogen and oxygen atoms in total. The zero-order valence-electron chi connectivity index (χ0n) is 24.1. The highest BCUT2D eigenvalue weighted by Crippen LogP contribution is 2.30. The number of carbonyl (C=O) groups excluding carboxylic acids is 2. The summed E-state index contributed by atoms with van der Waals surface area (Å²) in [5, 5.41) is 0. The molecule has 2 heterocycles. The molecule has 224 valence electrons. The maximum absolute atomic E-state index is 12.6. The molecule has 1 aliphatic heterocycles. The van der Waals surface area contributed by atoms with E-state index in [1.54, 1.807) is 23.9 Å². The van der Waals surface area contributed by atoms with Gasteiger partial charge in [0.25, 0.3) is 5.56 Å². The molecule has 0 saturated heterocycles. The van der Waals surface area contributed by atoms with E-state index < -0.39 is 6.10 Å². The van der Waals surface area contributed by atoms with Crippen LogP contribution in [0.25, 0.3) is 0 Å². The van der Waals surface area contributed by atoms with Gasteiger partial charge in [0.1, 0.15) is 31.7 Å². The maximum Gasteiger partial charge on any atom is 0.305 e. The molecule has 2 rings (SSSR count). The minimum atomic E-state index is -0.652. The number of halogens is 1. The third-order valence-electron chi connectivity index (χ3n) is 6.64. The first kappa shape index (κ1) is 34.9. The average molecular weight is 666 g/mol. The second-order valence-electron chi connectivity index (χ2n) is 10.00. The van der Waals surface area contributed by atoms with E-state index in [1.807, 2.05) is 0 Å². The zero-order chi connectivity index (χ0) is 27.9. The summed E-state index contributed by atoms with van der Waals surface area (Å²) in [4.78, 5) is 45.1. The quantitative estimate of drug-likeness (QED) is 0.129. The predicted octanol–water partition coefficient (Wildman–Crippen LogP) is 4.34. The van der Waals surface area contributed by atoms with Crippen molar-refractivity contribution in [3.05, 3.63) is 10.4 Å². The first-order chi connectivity index (χ1) is 18.3. The summed E-state index contributed by atoms with van der Waals surface area (Å²) in [7, 11) is 3.37. The van der Waals surface area contributed by atoms with Crippen LogP contribution in [0.2, 0.25) is 0 Å². The fourth-order valence-electron chi connectivity index (χ4n) is 4.25. The van der Waals surface area contributed by atoms with Crippen LogP contribution in [-0.2, 0) is 30.8 Å². The van der Waals surface area contributed by atoms with Crippen LogP contribution in [0.3, 0.4) is 0 Å². The zero-order valence-corrected chi connectivity index (χ0v) is 26.4. The second kappa shape index (κ2) is 19.1.